The number of fused-ring (bicyclic) bond motifs is 5. The summed E-state index contributed by atoms with van der Waals surface area (Å²) in [5.41, 5.74) is 0.675. The Bertz CT molecular complexity index is 563. The Morgan fingerprint density at radius 3 is 2.31 bits per heavy atom. The minimum Gasteiger partial charge on any atom is -0.352 e. The fourth-order valence-corrected chi connectivity index (χ4v) is 7.91. The van der Waals surface area contributed by atoms with Crippen LogP contribution in [0, 0.1) is 39.9 Å². The molecule has 148 valence electrons. The molecule has 0 saturated heterocycles. The summed E-state index contributed by atoms with van der Waals surface area (Å²) in [5, 5.41) is 3.48. The van der Waals surface area contributed by atoms with Crippen LogP contribution in [0.2, 0.25) is 0 Å². The molecule has 4 saturated carbocycles. The SMILES string of the molecule is CC(C)(C)C(=O)NC1CC[C@H]2[C@@H]3CCC4CCCC[C@]4(C)[C@@H]3CC[C@]12C. The molecule has 4 aliphatic carbocycles. The minimum atomic E-state index is -0.278. The first-order chi connectivity index (χ1) is 12.2. The van der Waals surface area contributed by atoms with Gasteiger partial charge in [-0.25, -0.2) is 0 Å². The first-order valence-corrected chi connectivity index (χ1v) is 11.5. The Hall–Kier alpha value is -0.530. The Kier molecular flexibility index (Phi) is 4.52. The van der Waals surface area contributed by atoms with Crippen molar-refractivity contribution in [1.29, 1.82) is 0 Å². The fraction of sp³-hybridized carbons (Fsp3) is 0.958. The van der Waals surface area contributed by atoms with Gasteiger partial charge in [0.2, 0.25) is 5.91 Å². The van der Waals surface area contributed by atoms with Crippen LogP contribution in [-0.4, -0.2) is 11.9 Å². The maximum absolute atomic E-state index is 12.6. The fourth-order valence-electron chi connectivity index (χ4n) is 7.91. The third-order valence-corrected chi connectivity index (χ3v) is 9.57. The van der Waals surface area contributed by atoms with Crippen LogP contribution >= 0.6 is 0 Å². The molecule has 2 heteroatoms. The highest BCUT2D eigenvalue weighted by molar-refractivity contribution is 5.81. The lowest BCUT2D eigenvalue weighted by molar-refractivity contribution is -0.132. The van der Waals surface area contributed by atoms with Crippen LogP contribution in [0.1, 0.15) is 98.8 Å². The van der Waals surface area contributed by atoms with Crippen molar-refractivity contribution in [2.75, 3.05) is 0 Å². The topological polar surface area (TPSA) is 29.1 Å². The minimum absolute atomic E-state index is 0.245. The summed E-state index contributed by atoms with van der Waals surface area (Å²) in [6.45, 7) is 11.3. The molecule has 0 bridgehead atoms. The number of hydrogen-bond donors (Lipinski definition) is 1. The first kappa shape index (κ1) is 18.8. The summed E-state index contributed by atoms with van der Waals surface area (Å²) in [4.78, 5) is 12.6. The second kappa shape index (κ2) is 6.24. The maximum Gasteiger partial charge on any atom is 0.225 e. The van der Waals surface area contributed by atoms with Crippen molar-refractivity contribution in [3.05, 3.63) is 0 Å². The van der Waals surface area contributed by atoms with Gasteiger partial charge in [0.15, 0.2) is 0 Å². The summed E-state index contributed by atoms with van der Waals surface area (Å²) < 4.78 is 0. The van der Waals surface area contributed by atoms with Gasteiger partial charge < -0.3 is 5.32 Å². The van der Waals surface area contributed by atoms with Crippen molar-refractivity contribution >= 4 is 5.91 Å². The molecular weight excluding hydrogens is 318 g/mol. The monoisotopic (exact) mass is 359 g/mol. The molecule has 0 aliphatic heterocycles. The molecule has 2 nitrogen and oxygen atoms in total. The van der Waals surface area contributed by atoms with Gasteiger partial charge in [-0.15, -0.1) is 0 Å². The lowest BCUT2D eigenvalue weighted by Crippen LogP contribution is -2.56. The van der Waals surface area contributed by atoms with E-state index in [1.54, 1.807) is 0 Å². The van der Waals surface area contributed by atoms with Gasteiger partial charge in [-0.3, -0.25) is 4.79 Å². The molecule has 2 unspecified atom stereocenters. The molecule has 4 rings (SSSR count). The predicted molar refractivity (Wildman–Crippen MR) is 108 cm³/mol. The molecule has 0 aromatic rings. The van der Waals surface area contributed by atoms with Crippen LogP contribution in [0.25, 0.3) is 0 Å². The van der Waals surface area contributed by atoms with E-state index in [1.165, 1.54) is 64.2 Å². The van der Waals surface area contributed by atoms with Gasteiger partial charge in [-0.05, 0) is 85.9 Å². The van der Waals surface area contributed by atoms with Crippen molar-refractivity contribution in [3.8, 4) is 0 Å². The standard InChI is InChI=1S/C24H41NO/c1-22(2,3)21(26)25-20-12-11-18-17-10-9-16-8-6-7-14-23(16,4)19(17)13-15-24(18,20)5/h16-20H,6-15H2,1-5H3,(H,25,26)/t16?,17-,18-,19+,20?,23-,24-/m0/s1. The number of carbonyl (C=O) groups excluding carboxylic acids is 1. The van der Waals surface area contributed by atoms with Gasteiger partial charge in [-0.1, -0.05) is 47.5 Å². The average molecular weight is 360 g/mol. The van der Waals surface area contributed by atoms with E-state index in [4.69, 9.17) is 0 Å². The van der Waals surface area contributed by atoms with Gasteiger partial charge in [0, 0.05) is 11.5 Å². The number of nitrogens with one attached hydrogen (secondary N) is 1. The summed E-state index contributed by atoms with van der Waals surface area (Å²) >= 11 is 0. The van der Waals surface area contributed by atoms with E-state index in [1.807, 2.05) is 20.8 Å². The third-order valence-electron chi connectivity index (χ3n) is 9.57. The van der Waals surface area contributed by atoms with Gasteiger partial charge in [0.1, 0.15) is 0 Å². The highest BCUT2D eigenvalue weighted by Gasteiger charge is 2.59. The third kappa shape index (κ3) is 2.76. The number of rotatable bonds is 1. The zero-order valence-corrected chi connectivity index (χ0v) is 17.9. The highest BCUT2D eigenvalue weighted by atomic mass is 16.2. The smallest absolute Gasteiger partial charge is 0.225 e. The van der Waals surface area contributed by atoms with E-state index in [0.29, 0.717) is 16.9 Å². The Labute approximate surface area is 161 Å². The normalized spacial score (nSPS) is 48.3. The molecule has 0 radical (unpaired) electrons. The lowest BCUT2D eigenvalue weighted by atomic mass is 9.45. The summed E-state index contributed by atoms with van der Waals surface area (Å²) in [6, 6.07) is 0.400. The average Bonchev–Trinajstić information content (AvgIpc) is 2.90. The van der Waals surface area contributed by atoms with Crippen molar-refractivity contribution in [3.63, 3.8) is 0 Å². The van der Waals surface area contributed by atoms with Crippen molar-refractivity contribution in [1.82, 2.24) is 5.32 Å². The second-order valence-electron chi connectivity index (χ2n) is 11.8. The summed E-state index contributed by atoms with van der Waals surface area (Å²) in [7, 11) is 0. The van der Waals surface area contributed by atoms with Crippen LogP contribution in [0.5, 0.6) is 0 Å². The molecule has 0 heterocycles. The first-order valence-electron chi connectivity index (χ1n) is 11.5. The zero-order chi connectivity index (χ0) is 18.7. The predicted octanol–water partition coefficient (Wildman–Crippen LogP) is 5.95. The van der Waals surface area contributed by atoms with E-state index in [0.717, 1.165) is 23.7 Å². The molecule has 0 spiro atoms. The van der Waals surface area contributed by atoms with Crippen molar-refractivity contribution in [2.24, 2.45) is 39.9 Å². The largest absolute Gasteiger partial charge is 0.352 e. The maximum atomic E-state index is 12.6. The lowest BCUT2D eigenvalue weighted by Gasteiger charge is -2.60. The Morgan fingerprint density at radius 1 is 0.846 bits per heavy atom. The van der Waals surface area contributed by atoms with E-state index in [2.05, 4.69) is 19.2 Å². The van der Waals surface area contributed by atoms with Gasteiger partial charge in [0.25, 0.3) is 0 Å². The Morgan fingerprint density at radius 2 is 1.58 bits per heavy atom. The summed E-state index contributed by atoms with van der Waals surface area (Å²) in [6.07, 6.45) is 14.1. The van der Waals surface area contributed by atoms with Gasteiger partial charge in [0.05, 0.1) is 0 Å². The second-order valence-corrected chi connectivity index (χ2v) is 11.8. The molecule has 1 N–H and O–H groups in total. The zero-order valence-electron chi connectivity index (χ0n) is 17.9. The number of carbonyl (C=O) groups is 1. The van der Waals surface area contributed by atoms with E-state index >= 15 is 0 Å². The molecule has 26 heavy (non-hydrogen) atoms. The van der Waals surface area contributed by atoms with Crippen LogP contribution in [0.4, 0.5) is 0 Å². The molecular formula is C24H41NO. The van der Waals surface area contributed by atoms with Crippen LogP contribution in [0.15, 0.2) is 0 Å². The van der Waals surface area contributed by atoms with E-state index in [-0.39, 0.29) is 11.3 Å². The number of hydrogen-bond acceptors (Lipinski definition) is 1. The number of amides is 1. The molecule has 7 atom stereocenters. The van der Waals surface area contributed by atoms with Crippen LogP contribution in [-0.2, 0) is 4.79 Å². The highest BCUT2D eigenvalue weighted by Crippen LogP contribution is 2.66. The van der Waals surface area contributed by atoms with E-state index < -0.39 is 0 Å². The molecule has 0 aromatic carbocycles. The molecule has 4 aliphatic rings. The van der Waals surface area contributed by atoms with Crippen LogP contribution in [0.3, 0.4) is 0 Å². The summed E-state index contributed by atoms with van der Waals surface area (Å²) in [5.74, 6) is 3.96. The van der Waals surface area contributed by atoms with Crippen LogP contribution < -0.4 is 5.32 Å². The molecule has 0 aromatic heterocycles. The van der Waals surface area contributed by atoms with Gasteiger partial charge in [-0.2, -0.15) is 0 Å². The van der Waals surface area contributed by atoms with E-state index in [9.17, 15) is 4.79 Å². The van der Waals surface area contributed by atoms with Crippen molar-refractivity contribution in [2.45, 2.75) is 105 Å². The molecule has 4 fully saturated rings. The Balaban J connectivity index is 1.54. The quantitative estimate of drug-likeness (QED) is 0.616. The van der Waals surface area contributed by atoms with Gasteiger partial charge >= 0.3 is 0 Å². The molecule has 1 amide bonds. The van der Waals surface area contributed by atoms with Crippen molar-refractivity contribution < 1.29 is 4.79 Å².